The standard InChI is InChI=1S/C18H15P.3C14H12.C13H10.C10H14.C7H15BO2.C7H7NO2.C6H4BrNO2.11C2H6.CH3Br/c1-4-10-16(11-5-1)19(17-12-6-2-7-13-17)18-14-8-3-9-15-18;3*1-2-6-12-10-14-8-4-3-7-13(14)9-11(12)5-1;1-3-7-12-10(5-1)9-11-6-2-4-8-13(11)12;1-3-9-7-5-6-8-10(9)4-2;1-6(2)7(3,4)10-8(5)9-6;1-6-4-2-3-5-7(6)8(9)10;7-5-3-1-2-4-6(5)8(9)10;12*1-2/h1-15H;3*1-8H,9-10H2;1-8H,9H2;5-8H,3-4H2,1-2H3;1-5H3;2-5H,1H3;1-4H;11*1-2H3;1H3. The van der Waals surface area contributed by atoms with Crippen molar-refractivity contribution in [2.75, 3.05) is 5.83 Å². The van der Waals surface area contributed by atoms with Gasteiger partial charge in [-0.1, -0.05) is 522 Å². The van der Waals surface area contributed by atoms with Gasteiger partial charge < -0.3 is 9.31 Å². The van der Waals surface area contributed by atoms with E-state index in [1.807, 2.05) is 165 Å². The lowest BCUT2D eigenvalue weighted by atomic mass is 9.86. The number of aryl methyl sites for hydroxylation is 3. The molecule has 1 saturated heterocycles. The minimum absolute atomic E-state index is 0.0648. The number of nitro benzene ring substituents is 2. The summed E-state index contributed by atoms with van der Waals surface area (Å²) in [6, 6.07) is 124. The van der Waals surface area contributed by atoms with Gasteiger partial charge in [0.05, 0.1) is 25.5 Å². The molecule has 4 aliphatic carbocycles. The molecule has 0 saturated carbocycles. The van der Waals surface area contributed by atoms with Gasteiger partial charge in [-0.05, 0) is 251 Å². The van der Waals surface area contributed by atoms with Crippen molar-refractivity contribution in [3.63, 3.8) is 0 Å². The van der Waals surface area contributed by atoms with E-state index in [0.29, 0.717) is 10.0 Å². The van der Waals surface area contributed by atoms with E-state index in [0.717, 1.165) is 57.8 Å². The first kappa shape index (κ1) is 129. The molecule has 0 amide bonds. The Hall–Kier alpha value is -10.7. The van der Waals surface area contributed by atoms with Gasteiger partial charge in [-0.3, -0.25) is 20.2 Å². The second-order valence-electron chi connectivity index (χ2n) is 29.6. The number of nitrogens with zero attached hydrogens (tertiary/aromatic N) is 2. The lowest BCUT2D eigenvalue weighted by molar-refractivity contribution is -0.385. The Morgan fingerprint density at radius 1 is 0.275 bits per heavy atom. The zero-order valence-electron chi connectivity index (χ0n) is 90.1. The Balaban J connectivity index is 0. The normalized spacial score (nSPS) is 11.3. The van der Waals surface area contributed by atoms with Crippen LogP contribution in [0.1, 0.15) is 288 Å². The molecule has 0 bridgehead atoms. The molecule has 742 valence electrons. The predicted molar refractivity (Wildman–Crippen MR) is 621 cm³/mol. The van der Waals surface area contributed by atoms with Crippen molar-refractivity contribution >= 4 is 74.2 Å². The Labute approximate surface area is 857 Å². The molecule has 0 spiro atoms. The average Bonchev–Trinajstić information content (AvgIpc) is 1.65. The molecule has 14 aromatic rings. The topological polar surface area (TPSA) is 105 Å². The van der Waals surface area contributed by atoms with Crippen molar-refractivity contribution in [2.24, 2.45) is 0 Å². The summed E-state index contributed by atoms with van der Waals surface area (Å²) in [5, 5.41) is 24.6. The minimum Gasteiger partial charge on any atom is -0.403 e. The molecule has 1 heterocycles. The van der Waals surface area contributed by atoms with Gasteiger partial charge in [-0.25, -0.2) is 0 Å². The first-order chi connectivity index (χ1) is 67.4. The summed E-state index contributed by atoms with van der Waals surface area (Å²) >= 11 is 5.99. The van der Waals surface area contributed by atoms with Crippen LogP contribution >= 0.6 is 39.8 Å². The number of rotatable bonds is 7. The first-order valence-electron chi connectivity index (χ1n) is 50.8. The van der Waals surface area contributed by atoms with Crippen molar-refractivity contribution in [1.29, 1.82) is 0 Å². The number of nitro groups is 2. The van der Waals surface area contributed by atoms with Crippen LogP contribution in [0.15, 0.2) is 362 Å². The SMILES string of the molecule is CB1OC(C)(C)C(C)(C)O1.CBr.CC.CC.CC.CC.CC.CC.CC.CC.CC.CC.CC.CCc1ccccc1CC.Cc1ccccc1[N+](=O)[O-].O=[N+]([O-])c1ccccc1Br.c1ccc(P(c2ccccc2)c2ccccc2)cc1.c1ccc2c(c1)Cc1ccccc1-2.c1ccc2c(c1)Cc1ccccc1C2.c1ccc2c(c1)Cc1ccccc1C2.c1ccc2c(c1)Cc1ccccc1C2. The molecule has 0 radical (unpaired) electrons. The highest BCUT2D eigenvalue weighted by Crippen LogP contribution is 2.39. The predicted octanol–water partition coefficient (Wildman–Crippen LogP) is 37.3. The fraction of sp³-hybridized carbons (Fsp3) is 0.333. The molecule has 0 N–H and O–H groups in total. The molecule has 1 fully saturated rings. The van der Waals surface area contributed by atoms with Gasteiger partial charge in [0, 0.05) is 17.7 Å². The second-order valence-corrected chi connectivity index (χ2v) is 32.6. The van der Waals surface area contributed by atoms with E-state index in [1.54, 1.807) is 43.3 Å². The third-order valence-electron chi connectivity index (χ3n) is 21.4. The molecule has 1 aliphatic heterocycles. The summed E-state index contributed by atoms with van der Waals surface area (Å²) in [6.07, 6.45) is 10.0. The largest absolute Gasteiger partial charge is 0.454 e. The van der Waals surface area contributed by atoms with Gasteiger partial charge in [0.25, 0.3) is 11.4 Å². The quantitative estimate of drug-likeness (QED) is 0.0518. The number of benzene rings is 14. The van der Waals surface area contributed by atoms with Crippen LogP contribution < -0.4 is 15.9 Å². The van der Waals surface area contributed by atoms with Gasteiger partial charge in [-0.15, -0.1) is 0 Å². The molecule has 0 unspecified atom stereocenters. The van der Waals surface area contributed by atoms with Crippen molar-refractivity contribution < 1.29 is 19.2 Å². The molecule has 8 nitrogen and oxygen atoms in total. The van der Waals surface area contributed by atoms with Crippen LogP contribution in [-0.4, -0.2) is 34.0 Å². The highest BCUT2D eigenvalue weighted by atomic mass is 79.9. The van der Waals surface area contributed by atoms with Crippen LogP contribution in [0.4, 0.5) is 11.4 Å². The number of halogens is 2. The molecule has 0 atom stereocenters. The van der Waals surface area contributed by atoms with E-state index >= 15 is 0 Å². The lowest BCUT2D eigenvalue weighted by Crippen LogP contribution is -2.41. The van der Waals surface area contributed by atoms with E-state index in [9.17, 15) is 20.2 Å². The van der Waals surface area contributed by atoms with Crippen molar-refractivity contribution in [2.45, 2.75) is 277 Å². The Bertz CT molecular complexity index is 4740. The Morgan fingerprint density at radius 3 is 0.645 bits per heavy atom. The zero-order chi connectivity index (χ0) is 104. The fourth-order valence-electron chi connectivity index (χ4n) is 14.7. The van der Waals surface area contributed by atoms with Crippen LogP contribution in [0, 0.1) is 27.2 Å². The van der Waals surface area contributed by atoms with Crippen molar-refractivity contribution in [3.05, 3.63) is 477 Å². The maximum Gasteiger partial charge on any atom is 0.454 e. The third kappa shape index (κ3) is 44.2. The molecule has 19 rings (SSSR count). The molecule has 0 aromatic heterocycles. The number of para-hydroxylation sites is 2. The Morgan fingerprint density at radius 2 is 0.457 bits per heavy atom. The summed E-state index contributed by atoms with van der Waals surface area (Å²) < 4.78 is 11.6. The maximum absolute atomic E-state index is 10.2. The summed E-state index contributed by atoms with van der Waals surface area (Å²) in [7, 11) is -0.511. The fourth-order valence-corrected chi connectivity index (χ4v) is 17.4. The molecular formula is C126H170BBr2N2O6P. The first-order valence-corrected chi connectivity index (χ1v) is 54.5. The molecule has 5 aliphatic rings. The van der Waals surface area contributed by atoms with E-state index in [1.165, 1.54) is 128 Å². The third-order valence-corrected chi connectivity index (χ3v) is 24.5. The highest BCUT2D eigenvalue weighted by Gasteiger charge is 2.49. The summed E-state index contributed by atoms with van der Waals surface area (Å²) in [6.45, 7) is 60.3. The number of fused-ring (bicyclic) bond motifs is 9. The Kier molecular flexibility index (Phi) is 74.1. The number of alkyl halides is 1. The van der Waals surface area contributed by atoms with E-state index < -0.39 is 12.8 Å². The zero-order valence-corrected chi connectivity index (χ0v) is 94.1. The van der Waals surface area contributed by atoms with Gasteiger partial charge >= 0.3 is 7.12 Å². The number of hydrogen-bond donors (Lipinski definition) is 0. The van der Waals surface area contributed by atoms with E-state index in [2.05, 4.69) is 383 Å². The van der Waals surface area contributed by atoms with Gasteiger partial charge in [0.1, 0.15) is 0 Å². The monoisotopic (exact) mass is 2010 g/mol. The highest BCUT2D eigenvalue weighted by molar-refractivity contribution is 9.10. The van der Waals surface area contributed by atoms with Gasteiger partial charge in [0.2, 0.25) is 0 Å². The molecule has 138 heavy (non-hydrogen) atoms. The van der Waals surface area contributed by atoms with Crippen molar-refractivity contribution in [1.82, 2.24) is 0 Å². The summed E-state index contributed by atoms with van der Waals surface area (Å²) in [5.74, 6) is 1.81. The molecule has 12 heteroatoms. The van der Waals surface area contributed by atoms with Crippen LogP contribution in [0.2, 0.25) is 6.82 Å². The van der Waals surface area contributed by atoms with Crippen LogP contribution in [0.25, 0.3) is 11.1 Å². The van der Waals surface area contributed by atoms with Gasteiger partial charge in [0.15, 0.2) is 0 Å². The summed E-state index contributed by atoms with van der Waals surface area (Å²) in [4.78, 5) is 19.6. The second kappa shape index (κ2) is 79.1. The van der Waals surface area contributed by atoms with E-state index in [-0.39, 0.29) is 34.6 Å². The molecular weight excluding hydrogens is 1840 g/mol. The van der Waals surface area contributed by atoms with Crippen LogP contribution in [0.5, 0.6) is 0 Å². The van der Waals surface area contributed by atoms with Crippen LogP contribution in [0.3, 0.4) is 0 Å². The maximum atomic E-state index is 10.2. The molecule has 14 aromatic carbocycles. The average molecular weight is 2010 g/mol. The van der Waals surface area contributed by atoms with E-state index in [4.69, 9.17) is 9.31 Å². The summed E-state index contributed by atoms with van der Waals surface area (Å²) in [5.41, 5.74) is 27.3. The van der Waals surface area contributed by atoms with Crippen molar-refractivity contribution in [3.8, 4) is 11.1 Å². The smallest absolute Gasteiger partial charge is 0.403 e. The minimum atomic E-state index is -0.446. The van der Waals surface area contributed by atoms with Crippen LogP contribution in [-0.2, 0) is 67.1 Å². The lowest BCUT2D eigenvalue weighted by Gasteiger charge is -2.32. The van der Waals surface area contributed by atoms with Gasteiger partial charge in [-0.2, -0.15) is 0 Å². The number of hydrogen-bond acceptors (Lipinski definition) is 6.